The molecule has 0 spiro atoms. The van der Waals surface area contributed by atoms with Gasteiger partial charge in [0, 0.05) is 24.1 Å². The number of aryl methyl sites for hydroxylation is 1. The van der Waals surface area contributed by atoms with Crippen molar-refractivity contribution >= 4 is 44.0 Å². The van der Waals surface area contributed by atoms with E-state index in [1.54, 1.807) is 19.3 Å². The molecule has 2 aromatic carbocycles. The van der Waals surface area contributed by atoms with Gasteiger partial charge in [0.15, 0.2) is 0 Å². The number of nitrogens with zero attached hydrogens (tertiary/aromatic N) is 1. The zero-order valence-corrected chi connectivity index (χ0v) is 16.1. The molecule has 0 radical (unpaired) electrons. The Morgan fingerprint density at radius 3 is 2.55 bits per heavy atom. The van der Waals surface area contributed by atoms with Gasteiger partial charge in [-0.3, -0.25) is 4.99 Å². The SMILES string of the molecule is CN=Cc1cc(F)ccc1Pc1cccc(C)c1O.[Cl][Ti][Cl]. The van der Waals surface area contributed by atoms with E-state index < -0.39 is 17.0 Å². The summed E-state index contributed by atoms with van der Waals surface area (Å²) >= 11 is -0.556. The predicted octanol–water partition coefficient (Wildman–Crippen LogP) is 3.89. The number of rotatable bonds is 3. The average molecular weight is 394 g/mol. The standard InChI is InChI=1S/C15H15FNOP.2ClH.Ti/c1-10-4-3-5-14(15(10)18)19-13-7-6-12(16)8-11(13)9-17-2;;;/h3-9,18-19H,1-2H3;2*1H;/q;;;+2/p-2. The van der Waals surface area contributed by atoms with E-state index in [0.717, 1.165) is 21.7 Å². The quantitative estimate of drug-likeness (QED) is 0.479. The van der Waals surface area contributed by atoms with Crippen LogP contribution in [0.4, 0.5) is 4.39 Å². The van der Waals surface area contributed by atoms with E-state index in [0.29, 0.717) is 5.75 Å². The molecular formula is C15H15Cl2FNOPTi. The van der Waals surface area contributed by atoms with Crippen LogP contribution in [0.25, 0.3) is 0 Å². The van der Waals surface area contributed by atoms with E-state index in [-0.39, 0.29) is 14.4 Å². The number of phenols is 1. The van der Waals surface area contributed by atoms with Gasteiger partial charge in [0.2, 0.25) is 0 Å². The van der Waals surface area contributed by atoms with Crippen molar-refractivity contribution in [3.05, 3.63) is 53.3 Å². The van der Waals surface area contributed by atoms with E-state index in [4.69, 9.17) is 18.6 Å². The molecule has 1 atom stereocenters. The van der Waals surface area contributed by atoms with Crippen LogP contribution in [-0.2, 0) is 17.0 Å². The summed E-state index contributed by atoms with van der Waals surface area (Å²) in [6.07, 6.45) is 1.64. The minimum absolute atomic E-state index is 0.269. The van der Waals surface area contributed by atoms with Gasteiger partial charge in [-0.05, 0) is 29.9 Å². The number of aromatic hydroxyl groups is 1. The fourth-order valence-corrected chi connectivity index (χ4v) is 3.03. The molecule has 0 aromatic heterocycles. The third-order valence-corrected chi connectivity index (χ3v) is 4.19. The van der Waals surface area contributed by atoms with Crippen molar-refractivity contribution in [2.75, 3.05) is 7.05 Å². The van der Waals surface area contributed by atoms with Crippen LogP contribution in [0.1, 0.15) is 11.1 Å². The number of halogens is 3. The van der Waals surface area contributed by atoms with Crippen molar-refractivity contribution in [3.8, 4) is 5.75 Å². The molecule has 22 heavy (non-hydrogen) atoms. The monoisotopic (exact) mass is 393 g/mol. The van der Waals surface area contributed by atoms with E-state index in [9.17, 15) is 9.50 Å². The molecule has 0 fully saturated rings. The normalized spacial score (nSPS) is 10.8. The number of para-hydroxylation sites is 1. The summed E-state index contributed by atoms with van der Waals surface area (Å²) in [6, 6.07) is 10.3. The Balaban J connectivity index is 0.000000745. The molecule has 0 saturated heterocycles. The Labute approximate surface area is 148 Å². The van der Waals surface area contributed by atoms with Crippen molar-refractivity contribution in [1.82, 2.24) is 0 Å². The van der Waals surface area contributed by atoms with E-state index in [1.807, 2.05) is 25.1 Å². The maximum absolute atomic E-state index is 13.2. The van der Waals surface area contributed by atoms with Crippen LogP contribution in [0.2, 0.25) is 0 Å². The van der Waals surface area contributed by atoms with Gasteiger partial charge < -0.3 is 5.11 Å². The van der Waals surface area contributed by atoms with Crippen molar-refractivity contribution in [2.24, 2.45) is 4.99 Å². The summed E-state index contributed by atoms with van der Waals surface area (Å²) in [5.74, 6) is 0.0291. The first-order valence-electron chi connectivity index (χ1n) is 6.27. The molecule has 2 nitrogen and oxygen atoms in total. The second-order valence-corrected chi connectivity index (χ2v) is 8.19. The number of aliphatic imine (C=N–C) groups is 1. The molecule has 0 aliphatic heterocycles. The van der Waals surface area contributed by atoms with Gasteiger partial charge in [0.05, 0.1) is 0 Å². The van der Waals surface area contributed by atoms with Crippen molar-refractivity contribution in [3.63, 3.8) is 0 Å². The second kappa shape index (κ2) is 10.4. The molecule has 1 unspecified atom stereocenters. The summed E-state index contributed by atoms with van der Waals surface area (Å²) in [7, 11) is 11.7. The molecule has 7 heteroatoms. The van der Waals surface area contributed by atoms with Crippen molar-refractivity contribution in [1.29, 1.82) is 0 Å². The molecule has 0 aliphatic carbocycles. The zero-order valence-electron chi connectivity index (χ0n) is 12.1. The summed E-state index contributed by atoms with van der Waals surface area (Å²) in [6.45, 7) is 1.86. The third kappa shape index (κ3) is 5.99. The van der Waals surface area contributed by atoms with Crippen molar-refractivity contribution in [2.45, 2.75) is 6.92 Å². The molecule has 0 heterocycles. The summed E-state index contributed by atoms with van der Waals surface area (Å²) < 4.78 is 13.2. The fraction of sp³-hybridized carbons (Fsp3) is 0.133. The third-order valence-electron chi connectivity index (χ3n) is 2.79. The van der Waals surface area contributed by atoms with E-state index in [1.165, 1.54) is 12.1 Å². The Kier molecular flexibility index (Phi) is 9.23. The first-order chi connectivity index (χ1) is 10.5. The molecule has 0 bridgehead atoms. The molecule has 0 amide bonds. The van der Waals surface area contributed by atoms with Crippen molar-refractivity contribution < 1.29 is 26.5 Å². The van der Waals surface area contributed by atoms with Gasteiger partial charge in [-0.1, -0.05) is 32.8 Å². The molecule has 116 valence electrons. The van der Waals surface area contributed by atoms with Crippen LogP contribution in [0, 0.1) is 12.7 Å². The molecule has 0 aliphatic rings. The minimum atomic E-state index is -0.556. The maximum atomic E-state index is 13.2. The number of benzene rings is 2. The average Bonchev–Trinajstić information content (AvgIpc) is 2.47. The van der Waals surface area contributed by atoms with Gasteiger partial charge in [-0.25, -0.2) is 4.39 Å². The van der Waals surface area contributed by atoms with Crippen LogP contribution in [0.3, 0.4) is 0 Å². The van der Waals surface area contributed by atoms with Gasteiger partial charge >= 0.3 is 35.6 Å². The Hall–Kier alpha value is -0.436. The first-order valence-corrected chi connectivity index (χ1v) is 11.6. The Bertz CT molecular complexity index is 655. The Morgan fingerprint density at radius 1 is 1.23 bits per heavy atom. The summed E-state index contributed by atoms with van der Waals surface area (Å²) in [5.41, 5.74) is 1.60. The van der Waals surface area contributed by atoms with Gasteiger partial charge in [0.25, 0.3) is 0 Å². The molecule has 1 N–H and O–H groups in total. The fourth-order valence-electron chi connectivity index (χ4n) is 1.80. The predicted molar refractivity (Wildman–Crippen MR) is 92.1 cm³/mol. The summed E-state index contributed by atoms with van der Waals surface area (Å²) in [4.78, 5) is 3.94. The van der Waals surface area contributed by atoms with Gasteiger partial charge in [-0.2, -0.15) is 0 Å². The van der Waals surface area contributed by atoms with Gasteiger partial charge in [0.1, 0.15) is 11.6 Å². The van der Waals surface area contributed by atoms with Crippen LogP contribution < -0.4 is 10.6 Å². The zero-order chi connectivity index (χ0) is 16.5. The molecule has 2 aromatic rings. The van der Waals surface area contributed by atoms with Gasteiger partial charge in [-0.15, -0.1) is 0 Å². The molecule has 0 saturated carbocycles. The number of hydrogen-bond acceptors (Lipinski definition) is 2. The molecule has 2 rings (SSSR count). The van der Waals surface area contributed by atoms with Crippen LogP contribution >= 0.6 is 27.2 Å². The summed E-state index contributed by atoms with van der Waals surface area (Å²) in [5, 5.41) is 11.9. The van der Waals surface area contributed by atoms with Crippen LogP contribution in [-0.4, -0.2) is 18.4 Å². The van der Waals surface area contributed by atoms with E-state index in [2.05, 4.69) is 4.99 Å². The Morgan fingerprint density at radius 2 is 1.91 bits per heavy atom. The van der Waals surface area contributed by atoms with E-state index >= 15 is 0 Å². The number of phenolic OH excluding ortho intramolecular Hbond substituents is 1. The van der Waals surface area contributed by atoms with Crippen LogP contribution in [0.15, 0.2) is 41.4 Å². The first kappa shape index (κ1) is 19.6. The second-order valence-electron chi connectivity index (χ2n) is 4.29. The molecular weight excluding hydrogens is 379 g/mol. The topological polar surface area (TPSA) is 32.6 Å². The number of hydrogen-bond donors (Lipinski definition) is 1. The van der Waals surface area contributed by atoms with Crippen LogP contribution in [0.5, 0.6) is 5.75 Å².